The number of halogens is 1. The molecular formula is C28H28ClN3O5S. The number of anilines is 1. The number of nitrogen functional groups attached to an aromatic ring is 1. The predicted octanol–water partition coefficient (Wildman–Crippen LogP) is 4.43. The van der Waals surface area contributed by atoms with Crippen LogP contribution >= 0.6 is 11.6 Å². The van der Waals surface area contributed by atoms with E-state index < -0.39 is 22.0 Å². The molecule has 2 N–H and O–H groups in total. The molecule has 0 aromatic heterocycles. The minimum Gasteiger partial charge on any atom is -0.465 e. The number of likely N-dealkylation sites (tertiary alicyclic amines) is 1. The predicted molar refractivity (Wildman–Crippen MR) is 148 cm³/mol. The Bertz CT molecular complexity index is 1420. The first kappa shape index (κ1) is 27.4. The van der Waals surface area contributed by atoms with E-state index in [0.29, 0.717) is 45.9 Å². The normalized spacial score (nSPS) is 15.8. The van der Waals surface area contributed by atoms with Crippen molar-refractivity contribution in [2.75, 3.05) is 25.9 Å². The van der Waals surface area contributed by atoms with Gasteiger partial charge >= 0.3 is 5.97 Å². The van der Waals surface area contributed by atoms with Gasteiger partial charge in [0.1, 0.15) is 0 Å². The van der Waals surface area contributed by atoms with Gasteiger partial charge in [-0.2, -0.15) is 4.31 Å². The van der Waals surface area contributed by atoms with Crippen LogP contribution in [0.2, 0.25) is 5.02 Å². The van der Waals surface area contributed by atoms with E-state index >= 15 is 0 Å². The zero-order chi connectivity index (χ0) is 27.3. The van der Waals surface area contributed by atoms with Gasteiger partial charge < -0.3 is 15.4 Å². The number of esters is 1. The molecule has 1 saturated heterocycles. The number of carbonyl (C=O) groups is 2. The Morgan fingerprint density at radius 1 is 1.03 bits per heavy atom. The number of amides is 1. The molecule has 1 fully saturated rings. The number of nitrogens with two attached hydrogens (primary N) is 1. The maximum Gasteiger partial charge on any atom is 0.337 e. The third kappa shape index (κ3) is 6.61. The maximum absolute atomic E-state index is 13.6. The lowest BCUT2D eigenvalue weighted by Gasteiger charge is -2.27. The molecule has 1 aliphatic heterocycles. The number of rotatable bonds is 8. The van der Waals surface area contributed by atoms with Gasteiger partial charge in [0.25, 0.3) is 5.91 Å². The van der Waals surface area contributed by atoms with Gasteiger partial charge in [-0.15, -0.1) is 0 Å². The van der Waals surface area contributed by atoms with Crippen molar-refractivity contribution in [3.8, 4) is 0 Å². The second-order valence-electron chi connectivity index (χ2n) is 8.95. The van der Waals surface area contributed by atoms with Crippen LogP contribution < -0.4 is 5.73 Å². The molecule has 38 heavy (non-hydrogen) atoms. The van der Waals surface area contributed by atoms with Gasteiger partial charge in [-0.05, 0) is 72.2 Å². The quantitative estimate of drug-likeness (QED) is 0.326. The van der Waals surface area contributed by atoms with E-state index in [-0.39, 0.29) is 19.0 Å². The molecule has 198 valence electrons. The molecule has 8 nitrogen and oxygen atoms in total. The summed E-state index contributed by atoms with van der Waals surface area (Å²) in [6.45, 7) is 0.739. The summed E-state index contributed by atoms with van der Waals surface area (Å²) in [5, 5.41) is 1.72. The summed E-state index contributed by atoms with van der Waals surface area (Å²) in [5.74, 6) is -0.650. The Morgan fingerprint density at radius 2 is 1.66 bits per heavy atom. The van der Waals surface area contributed by atoms with Crippen LogP contribution in [0.1, 0.15) is 38.3 Å². The van der Waals surface area contributed by atoms with Crippen molar-refractivity contribution in [1.29, 1.82) is 0 Å². The largest absolute Gasteiger partial charge is 0.465 e. The molecule has 3 aromatic carbocycles. The lowest BCUT2D eigenvalue weighted by Crippen LogP contribution is -2.41. The number of nitrogens with zero attached hydrogens (tertiary/aromatic N) is 2. The topological polar surface area (TPSA) is 110 Å². The smallest absolute Gasteiger partial charge is 0.337 e. The van der Waals surface area contributed by atoms with E-state index in [1.165, 1.54) is 22.9 Å². The molecular weight excluding hydrogens is 526 g/mol. The van der Waals surface area contributed by atoms with Crippen molar-refractivity contribution in [1.82, 2.24) is 9.21 Å². The average molecular weight is 554 g/mol. The van der Waals surface area contributed by atoms with E-state index in [2.05, 4.69) is 0 Å². The van der Waals surface area contributed by atoms with E-state index in [1.807, 2.05) is 0 Å². The third-order valence-corrected chi connectivity index (χ3v) is 8.17. The fourth-order valence-electron chi connectivity index (χ4n) is 4.26. The highest BCUT2D eigenvalue weighted by Gasteiger charge is 2.36. The first-order chi connectivity index (χ1) is 18.2. The van der Waals surface area contributed by atoms with E-state index in [1.54, 1.807) is 77.7 Å². The molecule has 0 radical (unpaired) electrons. The monoisotopic (exact) mass is 553 g/mol. The molecule has 0 aliphatic carbocycles. The van der Waals surface area contributed by atoms with Gasteiger partial charge in [0, 0.05) is 47.4 Å². The van der Waals surface area contributed by atoms with Crippen molar-refractivity contribution < 1.29 is 22.7 Å². The van der Waals surface area contributed by atoms with Crippen molar-refractivity contribution in [2.24, 2.45) is 0 Å². The fourth-order valence-corrected chi connectivity index (χ4v) is 5.79. The minimum absolute atomic E-state index is 0.0727. The highest BCUT2D eigenvalue weighted by atomic mass is 35.5. The molecule has 4 rings (SSSR count). The molecule has 3 aromatic rings. The van der Waals surface area contributed by atoms with Crippen molar-refractivity contribution in [3.63, 3.8) is 0 Å². The summed E-state index contributed by atoms with van der Waals surface area (Å²) >= 11 is 5.94. The molecule has 0 saturated carbocycles. The first-order valence-corrected chi connectivity index (χ1v) is 13.8. The molecule has 1 atom stereocenters. The first-order valence-electron chi connectivity index (χ1n) is 11.9. The molecule has 0 bridgehead atoms. The maximum atomic E-state index is 13.6. The number of benzene rings is 3. The van der Waals surface area contributed by atoms with Crippen molar-refractivity contribution in [3.05, 3.63) is 105 Å². The van der Waals surface area contributed by atoms with Crippen LogP contribution in [0, 0.1) is 0 Å². The van der Waals surface area contributed by atoms with E-state index in [9.17, 15) is 18.0 Å². The number of ether oxygens (including phenoxy) is 1. The van der Waals surface area contributed by atoms with Crippen LogP contribution in [-0.2, 0) is 21.3 Å². The fraction of sp³-hybridized carbons (Fsp3) is 0.214. The number of carbonyl (C=O) groups excluding carboxylic acids is 2. The standard InChI is InChI=1S/C28H28ClN3O5S/c1-37-28(34)23-6-2-21(3-7-23)18-32(38(35,36)17-15-20-4-10-24(29)11-5-20)26-14-16-31(19-26)27(33)22-8-12-25(30)13-9-22/h2-13,15,17,26H,14,16,18-19,30H2,1H3. The summed E-state index contributed by atoms with van der Waals surface area (Å²) in [5.41, 5.74) is 8.55. The molecule has 0 spiro atoms. The summed E-state index contributed by atoms with van der Waals surface area (Å²) in [6, 6.07) is 19.6. The summed E-state index contributed by atoms with van der Waals surface area (Å²) in [4.78, 5) is 26.5. The number of hydrogen-bond acceptors (Lipinski definition) is 6. The molecule has 1 unspecified atom stereocenters. The van der Waals surface area contributed by atoms with Crippen LogP contribution in [0.15, 0.2) is 78.2 Å². The highest BCUT2D eigenvalue weighted by Crippen LogP contribution is 2.25. The Kier molecular flexibility index (Phi) is 8.51. The summed E-state index contributed by atoms with van der Waals surface area (Å²) in [6.07, 6.45) is 2.00. The summed E-state index contributed by atoms with van der Waals surface area (Å²) < 4.78 is 33.3. The minimum atomic E-state index is -3.89. The Morgan fingerprint density at radius 3 is 2.29 bits per heavy atom. The van der Waals surface area contributed by atoms with Gasteiger partial charge in [-0.1, -0.05) is 35.9 Å². The number of sulfonamides is 1. The van der Waals surface area contributed by atoms with Crippen LogP contribution in [0.25, 0.3) is 6.08 Å². The van der Waals surface area contributed by atoms with Gasteiger partial charge in [0.05, 0.1) is 12.7 Å². The number of methoxy groups -OCH3 is 1. The lowest BCUT2D eigenvalue weighted by atomic mass is 10.1. The van der Waals surface area contributed by atoms with Crippen molar-refractivity contribution in [2.45, 2.75) is 19.0 Å². The molecule has 1 heterocycles. The van der Waals surface area contributed by atoms with Crippen LogP contribution in [0.3, 0.4) is 0 Å². The Hall–Kier alpha value is -3.66. The molecule has 10 heteroatoms. The zero-order valence-electron chi connectivity index (χ0n) is 20.8. The third-order valence-electron chi connectivity index (χ3n) is 6.36. The number of hydrogen-bond donors (Lipinski definition) is 1. The molecule has 1 aliphatic rings. The zero-order valence-corrected chi connectivity index (χ0v) is 22.4. The van der Waals surface area contributed by atoms with Gasteiger partial charge in [0.2, 0.25) is 10.0 Å². The molecule has 1 amide bonds. The Labute approximate surface area is 227 Å². The van der Waals surface area contributed by atoms with E-state index in [0.717, 1.165) is 0 Å². The van der Waals surface area contributed by atoms with Gasteiger partial charge in [-0.3, -0.25) is 4.79 Å². The second kappa shape index (κ2) is 11.8. The van der Waals surface area contributed by atoms with E-state index in [4.69, 9.17) is 22.1 Å². The Balaban J connectivity index is 1.58. The highest BCUT2D eigenvalue weighted by molar-refractivity contribution is 7.92. The SMILES string of the molecule is COC(=O)c1ccc(CN(C2CCN(C(=O)c3ccc(N)cc3)C2)S(=O)(=O)C=Cc2ccc(Cl)cc2)cc1. The second-order valence-corrected chi connectivity index (χ2v) is 11.2. The average Bonchev–Trinajstić information content (AvgIpc) is 3.41. The lowest BCUT2D eigenvalue weighted by molar-refractivity contribution is 0.0600. The van der Waals surface area contributed by atoms with Gasteiger partial charge in [-0.25, -0.2) is 13.2 Å². The van der Waals surface area contributed by atoms with Crippen LogP contribution in [-0.4, -0.2) is 55.7 Å². The van der Waals surface area contributed by atoms with Crippen LogP contribution in [0.4, 0.5) is 5.69 Å². The van der Waals surface area contributed by atoms with Crippen LogP contribution in [0.5, 0.6) is 0 Å². The summed E-state index contributed by atoms with van der Waals surface area (Å²) in [7, 11) is -2.59. The van der Waals surface area contributed by atoms with Gasteiger partial charge in [0.15, 0.2) is 0 Å². The van der Waals surface area contributed by atoms with Crippen molar-refractivity contribution >= 4 is 45.3 Å².